The first-order valence-electron chi connectivity index (χ1n) is 9.35. The van der Waals surface area contributed by atoms with Gasteiger partial charge in [-0.1, -0.05) is 23.8 Å². The molecule has 2 aromatic carbocycles. The highest BCUT2D eigenvalue weighted by molar-refractivity contribution is 7.15. The van der Waals surface area contributed by atoms with Crippen molar-refractivity contribution >= 4 is 33.8 Å². The number of hydrogen-bond acceptors (Lipinski definition) is 5. The van der Waals surface area contributed by atoms with Crippen LogP contribution in [0.15, 0.2) is 47.8 Å². The van der Waals surface area contributed by atoms with Gasteiger partial charge in [0.15, 0.2) is 5.82 Å². The fourth-order valence-corrected chi connectivity index (χ4v) is 3.82. The van der Waals surface area contributed by atoms with E-state index >= 15 is 0 Å². The Kier molecular flexibility index (Phi) is 5.72. The first kappa shape index (κ1) is 20.6. The molecular weight excluding hydrogens is 424 g/mol. The minimum Gasteiger partial charge on any atom is -0.347 e. The van der Waals surface area contributed by atoms with Gasteiger partial charge in [-0.15, -0.1) is 16.4 Å². The van der Waals surface area contributed by atoms with Crippen molar-refractivity contribution in [3.05, 3.63) is 70.7 Å². The van der Waals surface area contributed by atoms with E-state index in [-0.39, 0.29) is 6.54 Å². The van der Waals surface area contributed by atoms with Crippen molar-refractivity contribution in [1.29, 1.82) is 0 Å². The lowest BCUT2D eigenvalue weighted by Gasteiger charge is -2.07. The maximum Gasteiger partial charge on any atom is 0.313 e. The van der Waals surface area contributed by atoms with Gasteiger partial charge in [-0.25, -0.2) is 13.3 Å². The van der Waals surface area contributed by atoms with Gasteiger partial charge in [0, 0.05) is 30.0 Å². The highest BCUT2D eigenvalue weighted by atomic mass is 32.1. The van der Waals surface area contributed by atoms with Crippen molar-refractivity contribution < 1.29 is 18.4 Å². The van der Waals surface area contributed by atoms with Crippen LogP contribution in [0.2, 0.25) is 0 Å². The van der Waals surface area contributed by atoms with Crippen LogP contribution < -0.4 is 10.6 Å². The third-order valence-electron chi connectivity index (χ3n) is 4.48. The standard InChI is InChI=1S/C21H17F2N5O2S/c1-12-3-2-4-13(9-12)18-26-21-28(27-18)15(11-31-21)7-8-24-19(29)20(30)25-17-10-14(22)5-6-16(17)23/h2-6,9-11H,7-8H2,1H3,(H,24,29)(H,25,30). The second-order valence-electron chi connectivity index (χ2n) is 6.81. The molecule has 0 bridgehead atoms. The largest absolute Gasteiger partial charge is 0.347 e. The Morgan fingerprint density at radius 2 is 1.97 bits per heavy atom. The van der Waals surface area contributed by atoms with Gasteiger partial charge in [-0.05, 0) is 25.1 Å². The number of fused-ring (bicyclic) bond motifs is 1. The molecule has 2 amide bonds. The normalized spacial score (nSPS) is 10.9. The Labute approximate surface area is 179 Å². The summed E-state index contributed by atoms with van der Waals surface area (Å²) < 4.78 is 28.5. The first-order valence-corrected chi connectivity index (χ1v) is 10.2. The molecule has 0 unspecified atom stereocenters. The van der Waals surface area contributed by atoms with E-state index in [1.165, 1.54) is 11.3 Å². The van der Waals surface area contributed by atoms with Crippen LogP contribution in [-0.4, -0.2) is 33.0 Å². The number of aromatic nitrogens is 3. The molecule has 10 heteroatoms. The van der Waals surface area contributed by atoms with Crippen LogP contribution in [0.3, 0.4) is 0 Å². The number of carbonyl (C=O) groups is 2. The number of aryl methyl sites for hydroxylation is 1. The summed E-state index contributed by atoms with van der Waals surface area (Å²) in [6.45, 7) is 2.15. The zero-order chi connectivity index (χ0) is 22.0. The zero-order valence-electron chi connectivity index (χ0n) is 16.4. The molecule has 2 aromatic heterocycles. The monoisotopic (exact) mass is 441 g/mol. The van der Waals surface area contributed by atoms with Crippen LogP contribution in [0.5, 0.6) is 0 Å². The van der Waals surface area contributed by atoms with Crippen LogP contribution >= 0.6 is 11.3 Å². The van der Waals surface area contributed by atoms with Crippen molar-refractivity contribution in [2.45, 2.75) is 13.3 Å². The number of hydrogen-bond donors (Lipinski definition) is 2. The number of anilines is 1. The lowest BCUT2D eigenvalue weighted by Crippen LogP contribution is -2.36. The summed E-state index contributed by atoms with van der Waals surface area (Å²) in [6.07, 6.45) is 0.407. The summed E-state index contributed by atoms with van der Waals surface area (Å²) in [5.74, 6) is -2.98. The molecule has 2 N–H and O–H groups in total. The van der Waals surface area contributed by atoms with Gasteiger partial charge in [-0.2, -0.15) is 4.98 Å². The number of amides is 2. The molecule has 31 heavy (non-hydrogen) atoms. The average Bonchev–Trinajstić information content (AvgIpc) is 3.32. The summed E-state index contributed by atoms with van der Waals surface area (Å²) in [5, 5.41) is 10.9. The Morgan fingerprint density at radius 3 is 2.77 bits per heavy atom. The zero-order valence-corrected chi connectivity index (χ0v) is 17.2. The van der Waals surface area contributed by atoms with E-state index in [9.17, 15) is 18.4 Å². The van der Waals surface area contributed by atoms with Crippen molar-refractivity contribution in [2.24, 2.45) is 0 Å². The predicted octanol–water partition coefficient (Wildman–Crippen LogP) is 3.34. The van der Waals surface area contributed by atoms with Crippen LogP contribution in [0.1, 0.15) is 11.3 Å². The van der Waals surface area contributed by atoms with E-state index in [0.29, 0.717) is 12.2 Å². The minimum absolute atomic E-state index is 0.156. The summed E-state index contributed by atoms with van der Waals surface area (Å²) in [7, 11) is 0. The number of carbonyl (C=O) groups excluding carboxylic acids is 2. The van der Waals surface area contributed by atoms with E-state index < -0.39 is 29.1 Å². The van der Waals surface area contributed by atoms with Gasteiger partial charge in [-0.3, -0.25) is 9.59 Å². The summed E-state index contributed by atoms with van der Waals surface area (Å²) >= 11 is 1.42. The van der Waals surface area contributed by atoms with E-state index in [0.717, 1.165) is 40.0 Å². The molecule has 4 aromatic rings. The Hall–Kier alpha value is -3.66. The SMILES string of the molecule is Cc1cccc(-c2nc3scc(CCNC(=O)C(=O)Nc4cc(F)ccc4F)n3n2)c1. The molecule has 0 aliphatic carbocycles. The summed E-state index contributed by atoms with van der Waals surface area (Å²) in [4.78, 5) is 29.2. The van der Waals surface area contributed by atoms with E-state index in [1.54, 1.807) is 4.52 Å². The van der Waals surface area contributed by atoms with Gasteiger partial charge in [0.1, 0.15) is 11.6 Å². The highest BCUT2D eigenvalue weighted by Crippen LogP contribution is 2.21. The highest BCUT2D eigenvalue weighted by Gasteiger charge is 2.17. The Balaban J connectivity index is 1.37. The maximum absolute atomic E-state index is 13.6. The fraction of sp³-hybridized carbons (Fsp3) is 0.143. The van der Waals surface area contributed by atoms with Gasteiger partial charge < -0.3 is 10.6 Å². The number of thiazole rings is 1. The Bertz CT molecular complexity index is 1280. The number of nitrogens with zero attached hydrogens (tertiary/aromatic N) is 3. The summed E-state index contributed by atoms with van der Waals surface area (Å²) in [6, 6.07) is 10.5. The summed E-state index contributed by atoms with van der Waals surface area (Å²) in [5.41, 5.74) is 2.45. The van der Waals surface area contributed by atoms with E-state index in [2.05, 4.69) is 20.7 Å². The van der Waals surface area contributed by atoms with Gasteiger partial charge in [0.25, 0.3) is 0 Å². The Morgan fingerprint density at radius 1 is 1.13 bits per heavy atom. The van der Waals surface area contributed by atoms with Gasteiger partial charge in [0.05, 0.1) is 11.4 Å². The fourth-order valence-electron chi connectivity index (χ4n) is 2.96. The van der Waals surface area contributed by atoms with E-state index in [1.807, 2.05) is 36.6 Å². The molecule has 4 rings (SSSR count). The molecule has 2 heterocycles. The average molecular weight is 441 g/mol. The quantitative estimate of drug-likeness (QED) is 0.465. The minimum atomic E-state index is -1.08. The number of nitrogens with one attached hydrogen (secondary N) is 2. The molecule has 0 aliphatic rings. The van der Waals surface area contributed by atoms with Gasteiger partial charge in [0.2, 0.25) is 4.96 Å². The number of halogens is 2. The van der Waals surface area contributed by atoms with Gasteiger partial charge >= 0.3 is 11.8 Å². The molecule has 0 radical (unpaired) electrons. The maximum atomic E-state index is 13.6. The third kappa shape index (κ3) is 4.58. The van der Waals surface area contributed by atoms with E-state index in [4.69, 9.17) is 0 Å². The van der Waals surface area contributed by atoms with Crippen molar-refractivity contribution in [3.8, 4) is 11.4 Å². The van der Waals surface area contributed by atoms with Crippen LogP contribution in [0.4, 0.5) is 14.5 Å². The molecule has 158 valence electrons. The molecule has 7 nitrogen and oxygen atoms in total. The molecule has 0 saturated carbocycles. The molecule has 0 saturated heterocycles. The second kappa shape index (κ2) is 8.60. The third-order valence-corrected chi connectivity index (χ3v) is 5.34. The molecular formula is C21H17F2N5O2S. The molecule has 0 spiro atoms. The lowest BCUT2D eigenvalue weighted by atomic mass is 10.1. The molecule has 0 aliphatic heterocycles. The van der Waals surface area contributed by atoms with Crippen LogP contribution in [-0.2, 0) is 16.0 Å². The van der Waals surface area contributed by atoms with Crippen LogP contribution in [0, 0.1) is 18.6 Å². The smallest absolute Gasteiger partial charge is 0.313 e. The number of benzene rings is 2. The lowest BCUT2D eigenvalue weighted by molar-refractivity contribution is -0.136. The van der Waals surface area contributed by atoms with Crippen molar-refractivity contribution in [3.63, 3.8) is 0 Å². The first-order chi connectivity index (χ1) is 14.9. The van der Waals surface area contributed by atoms with Crippen LogP contribution in [0.25, 0.3) is 16.3 Å². The van der Waals surface area contributed by atoms with Crippen molar-refractivity contribution in [1.82, 2.24) is 19.9 Å². The molecule has 0 atom stereocenters. The second-order valence-corrected chi connectivity index (χ2v) is 7.65. The topological polar surface area (TPSA) is 88.4 Å². The van der Waals surface area contributed by atoms with Crippen molar-refractivity contribution in [2.75, 3.05) is 11.9 Å². The molecule has 0 fully saturated rings. The predicted molar refractivity (Wildman–Crippen MR) is 113 cm³/mol. The number of rotatable bonds is 5.